The average Bonchev–Trinajstić information content (AvgIpc) is 3.41. The summed E-state index contributed by atoms with van der Waals surface area (Å²) in [7, 11) is 0. The van der Waals surface area contributed by atoms with Crippen LogP contribution in [0.25, 0.3) is 21.8 Å². The molecule has 8 heteroatoms. The van der Waals surface area contributed by atoms with Crippen LogP contribution in [0.2, 0.25) is 0 Å². The molecule has 0 bridgehead atoms. The van der Waals surface area contributed by atoms with Gasteiger partial charge in [-0.25, -0.2) is 4.39 Å². The Morgan fingerprint density at radius 1 is 0.818 bits per heavy atom. The van der Waals surface area contributed by atoms with Gasteiger partial charge in [-0.1, -0.05) is 60.7 Å². The maximum atomic E-state index is 13.3. The van der Waals surface area contributed by atoms with Crippen LogP contribution in [-0.4, -0.2) is 29.4 Å². The first-order valence-electron chi connectivity index (χ1n) is 14.0. The fourth-order valence-corrected chi connectivity index (χ4v) is 5.32. The zero-order valence-electron chi connectivity index (χ0n) is 24.2. The van der Waals surface area contributed by atoms with Crippen molar-refractivity contribution in [1.82, 2.24) is 4.98 Å². The Hall–Kier alpha value is -4.43. The molecule has 1 unspecified atom stereocenters. The van der Waals surface area contributed by atoms with Gasteiger partial charge in [0.25, 0.3) is 0 Å². The van der Waals surface area contributed by atoms with Gasteiger partial charge in [0.1, 0.15) is 11.6 Å². The molecule has 0 spiro atoms. The topological polar surface area (TPSA) is 94.2 Å². The molecule has 0 saturated carbocycles. The molecule has 0 saturated heterocycles. The molecular formula is C36H28FN2NaO4. The number of carbonyl (C=O) groups excluding carboxylic acids is 2. The Kier molecular flexibility index (Phi) is 9.80. The van der Waals surface area contributed by atoms with Crippen LogP contribution in [0.15, 0.2) is 115 Å². The van der Waals surface area contributed by atoms with Crippen molar-refractivity contribution in [3.05, 3.63) is 143 Å². The van der Waals surface area contributed by atoms with Crippen molar-refractivity contribution < 1.29 is 53.4 Å². The molecule has 6 nitrogen and oxygen atoms in total. The number of fused-ring (bicyclic) bond motifs is 3. The van der Waals surface area contributed by atoms with Crippen molar-refractivity contribution in [3.8, 4) is 5.75 Å². The van der Waals surface area contributed by atoms with Crippen LogP contribution in [-0.2, 0) is 17.6 Å². The van der Waals surface area contributed by atoms with Gasteiger partial charge in [-0.15, -0.1) is 0 Å². The molecule has 214 valence electrons. The largest absolute Gasteiger partial charge is 1.00 e. The molecular weight excluding hydrogens is 566 g/mol. The van der Waals surface area contributed by atoms with Crippen LogP contribution in [0, 0.1) is 5.82 Å². The van der Waals surface area contributed by atoms with Gasteiger partial charge in [0.15, 0.2) is 5.78 Å². The first-order chi connectivity index (χ1) is 21.0. The van der Waals surface area contributed by atoms with Crippen LogP contribution in [0.1, 0.15) is 27.0 Å². The Labute approximate surface area is 276 Å². The van der Waals surface area contributed by atoms with Gasteiger partial charge in [0.05, 0.1) is 18.6 Å². The maximum Gasteiger partial charge on any atom is 1.00 e. The number of benzene rings is 5. The van der Waals surface area contributed by atoms with E-state index in [0.29, 0.717) is 23.6 Å². The zero-order chi connectivity index (χ0) is 29.8. The van der Waals surface area contributed by atoms with Crippen LogP contribution in [0.4, 0.5) is 10.1 Å². The molecule has 0 aliphatic heterocycles. The summed E-state index contributed by atoms with van der Waals surface area (Å²) < 4.78 is 19.3. The van der Waals surface area contributed by atoms with E-state index < -0.39 is 17.8 Å². The number of aliphatic carboxylic acids is 1. The molecule has 0 aliphatic carbocycles. The number of nitrogens with one attached hydrogen (secondary N) is 2. The standard InChI is InChI=1S/C36H29FN2O4.Na/c37-26-16-14-25(15-17-26)35(40)30-8-2-4-11-32(30)38-33(36(41)42)22-23-12-18-27(19-13-23)43-21-20-24-6-5-9-29-28-7-1-3-10-31(28)39-34(24)29;/h1-19,33,38-39H,20-22H2,(H,41,42);/q;+1/p-1. The second-order valence-corrected chi connectivity index (χ2v) is 10.4. The average molecular weight is 595 g/mol. The number of ether oxygens (including phenoxy) is 1. The molecule has 6 aromatic rings. The molecule has 0 fully saturated rings. The van der Waals surface area contributed by atoms with Crippen LogP contribution >= 0.6 is 0 Å². The number of anilines is 1. The molecule has 6 rings (SSSR count). The summed E-state index contributed by atoms with van der Waals surface area (Å²) in [6, 6.07) is 32.6. The van der Waals surface area contributed by atoms with Gasteiger partial charge in [-0.2, -0.15) is 0 Å². The van der Waals surface area contributed by atoms with E-state index in [1.807, 2.05) is 36.4 Å². The Bertz CT molecular complexity index is 1920. The van der Waals surface area contributed by atoms with Crippen molar-refractivity contribution in [2.45, 2.75) is 18.9 Å². The summed E-state index contributed by atoms with van der Waals surface area (Å²) in [6.45, 7) is 0.482. The minimum atomic E-state index is -1.30. The fourth-order valence-electron chi connectivity index (χ4n) is 5.32. The predicted octanol–water partition coefficient (Wildman–Crippen LogP) is 3.09. The summed E-state index contributed by atoms with van der Waals surface area (Å²) in [5.74, 6) is -1.40. The number of ketones is 1. The van der Waals surface area contributed by atoms with Crippen molar-refractivity contribution in [2.75, 3.05) is 11.9 Å². The third-order valence-corrected chi connectivity index (χ3v) is 7.52. The summed E-state index contributed by atoms with van der Waals surface area (Å²) in [6.07, 6.45) is 0.850. The zero-order valence-corrected chi connectivity index (χ0v) is 26.2. The number of hydrogen-bond donors (Lipinski definition) is 2. The number of para-hydroxylation sites is 3. The number of carbonyl (C=O) groups is 2. The molecule has 0 radical (unpaired) electrons. The Morgan fingerprint density at radius 2 is 1.52 bits per heavy atom. The minimum absolute atomic E-state index is 0. The molecule has 1 aromatic heterocycles. The third-order valence-electron chi connectivity index (χ3n) is 7.52. The number of carboxylic acids is 1. The first-order valence-corrected chi connectivity index (χ1v) is 14.0. The van der Waals surface area contributed by atoms with E-state index >= 15 is 0 Å². The van der Waals surface area contributed by atoms with Crippen molar-refractivity contribution in [2.24, 2.45) is 0 Å². The van der Waals surface area contributed by atoms with Gasteiger partial charge in [-0.05, 0) is 72.1 Å². The van der Waals surface area contributed by atoms with Crippen LogP contribution < -0.4 is 44.7 Å². The predicted molar refractivity (Wildman–Crippen MR) is 164 cm³/mol. The van der Waals surface area contributed by atoms with E-state index in [-0.39, 0.29) is 47.3 Å². The smallest absolute Gasteiger partial charge is 0.548 e. The fraction of sp³-hybridized carbons (Fsp3) is 0.111. The number of rotatable bonds is 11. The number of hydrogen-bond acceptors (Lipinski definition) is 5. The van der Waals surface area contributed by atoms with Crippen LogP contribution in [0.5, 0.6) is 5.75 Å². The van der Waals surface area contributed by atoms with E-state index in [4.69, 9.17) is 4.74 Å². The van der Waals surface area contributed by atoms with E-state index in [1.54, 1.807) is 24.3 Å². The molecule has 2 N–H and O–H groups in total. The van der Waals surface area contributed by atoms with Gasteiger partial charge in [0.2, 0.25) is 0 Å². The third kappa shape index (κ3) is 6.86. The van der Waals surface area contributed by atoms with Gasteiger partial charge in [0, 0.05) is 45.0 Å². The number of aromatic nitrogens is 1. The number of carboxylic acid groups (broad SMARTS) is 1. The summed E-state index contributed by atoms with van der Waals surface area (Å²) in [5, 5.41) is 17.4. The van der Waals surface area contributed by atoms with Gasteiger partial charge >= 0.3 is 29.6 Å². The van der Waals surface area contributed by atoms with Crippen molar-refractivity contribution in [1.29, 1.82) is 0 Å². The second-order valence-electron chi connectivity index (χ2n) is 10.4. The monoisotopic (exact) mass is 594 g/mol. The molecule has 1 heterocycles. The molecule has 44 heavy (non-hydrogen) atoms. The van der Waals surface area contributed by atoms with E-state index in [1.165, 1.54) is 40.6 Å². The maximum absolute atomic E-state index is 13.3. The van der Waals surface area contributed by atoms with E-state index in [0.717, 1.165) is 23.0 Å². The molecule has 1 atom stereocenters. The minimum Gasteiger partial charge on any atom is -0.548 e. The van der Waals surface area contributed by atoms with E-state index in [2.05, 4.69) is 40.6 Å². The normalized spacial score (nSPS) is 11.6. The van der Waals surface area contributed by atoms with E-state index in [9.17, 15) is 19.1 Å². The molecule has 0 aliphatic rings. The van der Waals surface area contributed by atoms with Gasteiger partial charge in [-0.3, -0.25) is 4.79 Å². The molecule has 0 amide bonds. The summed E-state index contributed by atoms with van der Waals surface area (Å²) in [4.78, 5) is 28.6. The number of H-pyrrole nitrogens is 1. The number of halogens is 1. The molecule has 5 aromatic carbocycles. The Morgan fingerprint density at radius 3 is 2.30 bits per heavy atom. The SMILES string of the molecule is O=C(c1ccc(F)cc1)c1ccccc1NC(Cc1ccc(OCCc2cccc3c2[nH]c2ccccc23)cc1)C(=O)[O-].[Na+]. The Balaban J connectivity index is 0.00000384. The van der Waals surface area contributed by atoms with Crippen molar-refractivity contribution >= 4 is 39.2 Å². The van der Waals surface area contributed by atoms with Crippen LogP contribution in [0.3, 0.4) is 0 Å². The van der Waals surface area contributed by atoms with Gasteiger partial charge < -0.3 is 24.9 Å². The first kappa shape index (κ1) is 31.0. The second kappa shape index (κ2) is 13.9. The number of aromatic amines is 1. The van der Waals surface area contributed by atoms with Crippen molar-refractivity contribution in [3.63, 3.8) is 0 Å². The summed E-state index contributed by atoms with van der Waals surface area (Å²) >= 11 is 0. The summed E-state index contributed by atoms with van der Waals surface area (Å²) in [5.41, 5.74) is 5.10. The quantitative estimate of drug-likeness (QED) is 0.178.